The number of pyridine rings is 1. The standard InChI is InChI=1S/C21H21NOSi/c1-14-11-12-22-17(13-14)15-9-10-19(24(2,3)4)20-16-7-5-6-8-18(16)23-21(15)20/h5-13H,1-4H3. The molecule has 0 fully saturated rings. The average molecular weight is 331 g/mol. The van der Waals surface area contributed by atoms with Gasteiger partial charge in [-0.15, -0.1) is 0 Å². The van der Waals surface area contributed by atoms with Crippen LogP contribution in [0.25, 0.3) is 33.2 Å². The highest BCUT2D eigenvalue weighted by molar-refractivity contribution is 6.90. The minimum atomic E-state index is -1.49. The van der Waals surface area contributed by atoms with Crippen LogP contribution >= 0.6 is 0 Å². The number of aryl methyl sites for hydroxylation is 1. The summed E-state index contributed by atoms with van der Waals surface area (Å²) in [4.78, 5) is 4.57. The average Bonchev–Trinajstić information content (AvgIpc) is 2.92. The first-order chi connectivity index (χ1) is 11.4. The summed E-state index contributed by atoms with van der Waals surface area (Å²) in [6, 6.07) is 16.9. The zero-order valence-electron chi connectivity index (χ0n) is 14.6. The molecule has 4 aromatic rings. The van der Waals surface area contributed by atoms with Crippen molar-refractivity contribution in [2.75, 3.05) is 0 Å². The number of fused-ring (bicyclic) bond motifs is 3. The van der Waals surface area contributed by atoms with Gasteiger partial charge in [-0.05, 0) is 41.9 Å². The van der Waals surface area contributed by atoms with E-state index in [1.54, 1.807) is 0 Å². The second kappa shape index (κ2) is 5.31. The molecule has 0 bridgehead atoms. The van der Waals surface area contributed by atoms with Gasteiger partial charge in [-0.25, -0.2) is 0 Å². The largest absolute Gasteiger partial charge is 0.455 e. The molecule has 2 aromatic heterocycles. The summed E-state index contributed by atoms with van der Waals surface area (Å²) in [7, 11) is -1.49. The summed E-state index contributed by atoms with van der Waals surface area (Å²) in [6.07, 6.45) is 1.87. The van der Waals surface area contributed by atoms with Gasteiger partial charge in [-0.1, -0.05) is 43.9 Å². The molecule has 0 unspecified atom stereocenters. The molecule has 0 amide bonds. The van der Waals surface area contributed by atoms with Crippen LogP contribution < -0.4 is 5.19 Å². The summed E-state index contributed by atoms with van der Waals surface area (Å²) in [5, 5.41) is 3.92. The van der Waals surface area contributed by atoms with E-state index in [1.807, 2.05) is 18.3 Å². The normalized spacial score (nSPS) is 12.2. The number of para-hydroxylation sites is 1. The number of hydrogen-bond donors (Lipinski definition) is 0. The van der Waals surface area contributed by atoms with Gasteiger partial charge in [0.15, 0.2) is 0 Å². The van der Waals surface area contributed by atoms with Crippen LogP contribution in [0.15, 0.2) is 59.1 Å². The number of aromatic nitrogens is 1. The van der Waals surface area contributed by atoms with E-state index in [2.05, 4.69) is 67.9 Å². The van der Waals surface area contributed by atoms with Crippen molar-refractivity contribution >= 4 is 35.2 Å². The maximum Gasteiger partial charge on any atom is 0.144 e. The van der Waals surface area contributed by atoms with Gasteiger partial charge < -0.3 is 4.42 Å². The van der Waals surface area contributed by atoms with E-state index in [0.29, 0.717) is 0 Å². The molecule has 2 aromatic carbocycles. The van der Waals surface area contributed by atoms with Crippen molar-refractivity contribution in [2.24, 2.45) is 0 Å². The number of nitrogens with zero attached hydrogens (tertiary/aromatic N) is 1. The second-order valence-corrected chi connectivity index (χ2v) is 12.5. The lowest BCUT2D eigenvalue weighted by Gasteiger charge is -2.18. The van der Waals surface area contributed by atoms with Crippen LogP contribution in [0.4, 0.5) is 0 Å². The third-order valence-electron chi connectivity index (χ3n) is 4.53. The first kappa shape index (κ1) is 15.2. The zero-order chi connectivity index (χ0) is 16.9. The van der Waals surface area contributed by atoms with Gasteiger partial charge in [0.05, 0.1) is 13.8 Å². The predicted molar refractivity (Wildman–Crippen MR) is 105 cm³/mol. The Hall–Kier alpha value is -2.39. The smallest absolute Gasteiger partial charge is 0.144 e. The third-order valence-corrected chi connectivity index (χ3v) is 6.56. The van der Waals surface area contributed by atoms with E-state index in [4.69, 9.17) is 4.42 Å². The van der Waals surface area contributed by atoms with Crippen molar-refractivity contribution < 1.29 is 4.42 Å². The van der Waals surface area contributed by atoms with Gasteiger partial charge in [0.25, 0.3) is 0 Å². The van der Waals surface area contributed by atoms with Crippen LogP contribution in [0.2, 0.25) is 19.6 Å². The molecule has 0 atom stereocenters. The Labute approximate surface area is 143 Å². The van der Waals surface area contributed by atoms with Crippen LogP contribution in [-0.2, 0) is 0 Å². The van der Waals surface area contributed by atoms with Crippen LogP contribution in [0.1, 0.15) is 5.56 Å². The molecule has 4 rings (SSSR count). The maximum atomic E-state index is 6.30. The molecule has 0 saturated heterocycles. The monoisotopic (exact) mass is 331 g/mol. The Bertz CT molecular complexity index is 1060. The van der Waals surface area contributed by atoms with Gasteiger partial charge in [0, 0.05) is 22.5 Å². The molecule has 3 heteroatoms. The SMILES string of the molecule is Cc1ccnc(-c2ccc([Si](C)(C)C)c3c2oc2ccccc23)c1. The molecule has 0 aliphatic rings. The summed E-state index contributed by atoms with van der Waals surface area (Å²) in [5.41, 5.74) is 5.17. The first-order valence-corrected chi connectivity index (χ1v) is 11.8. The molecule has 0 saturated carbocycles. The first-order valence-electron chi connectivity index (χ1n) is 8.33. The van der Waals surface area contributed by atoms with Crippen molar-refractivity contribution in [1.29, 1.82) is 0 Å². The lowest BCUT2D eigenvalue weighted by atomic mass is 10.1. The lowest BCUT2D eigenvalue weighted by molar-refractivity contribution is 0.670. The van der Waals surface area contributed by atoms with Crippen molar-refractivity contribution in [3.63, 3.8) is 0 Å². The fraction of sp³-hybridized carbons (Fsp3) is 0.190. The summed E-state index contributed by atoms with van der Waals surface area (Å²) >= 11 is 0. The highest BCUT2D eigenvalue weighted by Gasteiger charge is 2.24. The van der Waals surface area contributed by atoms with E-state index in [1.165, 1.54) is 21.5 Å². The van der Waals surface area contributed by atoms with Crippen LogP contribution in [0, 0.1) is 6.92 Å². The van der Waals surface area contributed by atoms with Gasteiger partial charge in [0.2, 0.25) is 0 Å². The van der Waals surface area contributed by atoms with Gasteiger partial charge in [-0.3, -0.25) is 4.98 Å². The fourth-order valence-corrected chi connectivity index (χ4v) is 4.92. The number of rotatable bonds is 2. The Morgan fingerprint density at radius 1 is 0.958 bits per heavy atom. The molecule has 0 aliphatic carbocycles. The number of hydrogen-bond acceptors (Lipinski definition) is 2. The molecular weight excluding hydrogens is 310 g/mol. The van der Waals surface area contributed by atoms with E-state index in [0.717, 1.165) is 22.4 Å². The Balaban J connectivity index is 2.15. The topological polar surface area (TPSA) is 26.0 Å². The Morgan fingerprint density at radius 2 is 1.75 bits per heavy atom. The summed E-state index contributed by atoms with van der Waals surface area (Å²) in [6.45, 7) is 9.24. The molecule has 2 heterocycles. The molecule has 0 aliphatic heterocycles. The van der Waals surface area contributed by atoms with Gasteiger partial charge in [-0.2, -0.15) is 0 Å². The van der Waals surface area contributed by atoms with E-state index in [9.17, 15) is 0 Å². The fourth-order valence-electron chi connectivity index (χ4n) is 3.34. The van der Waals surface area contributed by atoms with Crippen LogP contribution in [0.3, 0.4) is 0 Å². The predicted octanol–water partition coefficient (Wildman–Crippen LogP) is 5.50. The number of furan rings is 1. The van der Waals surface area contributed by atoms with Crippen molar-refractivity contribution in [2.45, 2.75) is 26.6 Å². The molecular formula is C21H21NOSi. The van der Waals surface area contributed by atoms with Crippen molar-refractivity contribution in [3.05, 3.63) is 60.3 Å². The van der Waals surface area contributed by atoms with Crippen LogP contribution in [0.5, 0.6) is 0 Å². The Morgan fingerprint density at radius 3 is 2.50 bits per heavy atom. The van der Waals surface area contributed by atoms with Crippen LogP contribution in [-0.4, -0.2) is 13.1 Å². The van der Waals surface area contributed by atoms with E-state index in [-0.39, 0.29) is 0 Å². The van der Waals surface area contributed by atoms with Gasteiger partial charge in [0.1, 0.15) is 11.2 Å². The summed E-state index contributed by atoms with van der Waals surface area (Å²) in [5.74, 6) is 0. The molecule has 0 N–H and O–H groups in total. The highest BCUT2D eigenvalue weighted by Crippen LogP contribution is 2.35. The number of benzene rings is 2. The Kier molecular flexibility index (Phi) is 3.36. The van der Waals surface area contributed by atoms with Gasteiger partial charge >= 0.3 is 0 Å². The zero-order valence-corrected chi connectivity index (χ0v) is 15.6. The minimum Gasteiger partial charge on any atom is -0.455 e. The quantitative estimate of drug-likeness (QED) is 0.453. The maximum absolute atomic E-state index is 6.30. The molecule has 2 nitrogen and oxygen atoms in total. The van der Waals surface area contributed by atoms with Crippen molar-refractivity contribution in [3.8, 4) is 11.3 Å². The van der Waals surface area contributed by atoms with Crippen molar-refractivity contribution in [1.82, 2.24) is 4.98 Å². The third kappa shape index (κ3) is 2.36. The highest BCUT2D eigenvalue weighted by atomic mass is 28.3. The molecule has 0 radical (unpaired) electrons. The summed E-state index contributed by atoms with van der Waals surface area (Å²) < 4.78 is 6.30. The second-order valence-electron chi connectivity index (χ2n) is 7.43. The van der Waals surface area contributed by atoms with E-state index >= 15 is 0 Å². The van der Waals surface area contributed by atoms with E-state index < -0.39 is 8.07 Å². The lowest BCUT2D eigenvalue weighted by Crippen LogP contribution is -2.37. The molecule has 0 spiro atoms. The molecule has 120 valence electrons. The molecule has 24 heavy (non-hydrogen) atoms. The minimum absolute atomic E-state index is 0.951.